The van der Waals surface area contributed by atoms with Crippen LogP contribution in [0.15, 0.2) is 0 Å². The molecule has 0 saturated carbocycles. The highest BCUT2D eigenvalue weighted by molar-refractivity contribution is 4.78. The van der Waals surface area contributed by atoms with Gasteiger partial charge in [-0.25, -0.2) is 0 Å². The Hall–Kier alpha value is -0.0800. The lowest BCUT2D eigenvalue weighted by Gasteiger charge is -2.33. The van der Waals surface area contributed by atoms with Gasteiger partial charge in [-0.05, 0) is 50.6 Å². The van der Waals surface area contributed by atoms with E-state index in [2.05, 4.69) is 13.8 Å². The molecule has 2 nitrogen and oxygen atoms in total. The van der Waals surface area contributed by atoms with E-state index in [1.807, 2.05) is 0 Å². The molecule has 0 amide bonds. The third-order valence-electron chi connectivity index (χ3n) is 4.13. The molecule has 0 saturated heterocycles. The molecule has 0 fully saturated rings. The summed E-state index contributed by atoms with van der Waals surface area (Å²) in [6.07, 6.45) is 13.1. The molecule has 0 bridgehead atoms. The Morgan fingerprint density at radius 3 is 1.53 bits per heavy atom. The van der Waals surface area contributed by atoms with Gasteiger partial charge in [0.05, 0.1) is 0 Å². The topological polar surface area (TPSA) is 52.0 Å². The zero-order valence-corrected chi connectivity index (χ0v) is 12.1. The van der Waals surface area contributed by atoms with E-state index in [-0.39, 0.29) is 0 Å². The predicted octanol–water partition coefficient (Wildman–Crippen LogP) is 3.83. The SMILES string of the molecule is CCCCC(CC)(CCCCN)CCCCN. The van der Waals surface area contributed by atoms with Gasteiger partial charge in [-0.2, -0.15) is 0 Å². The summed E-state index contributed by atoms with van der Waals surface area (Å²) in [7, 11) is 0. The van der Waals surface area contributed by atoms with Crippen LogP contribution in [0.2, 0.25) is 0 Å². The molecular formula is C15H34N2. The van der Waals surface area contributed by atoms with Crippen molar-refractivity contribution in [2.75, 3.05) is 13.1 Å². The van der Waals surface area contributed by atoms with Crippen LogP contribution in [0.5, 0.6) is 0 Å². The maximum Gasteiger partial charge on any atom is -0.00773 e. The summed E-state index contributed by atoms with van der Waals surface area (Å²) in [6.45, 7) is 6.34. The van der Waals surface area contributed by atoms with Crippen molar-refractivity contribution in [2.45, 2.75) is 78.1 Å². The van der Waals surface area contributed by atoms with Crippen LogP contribution in [0, 0.1) is 5.41 Å². The van der Waals surface area contributed by atoms with Crippen LogP contribution in [0.25, 0.3) is 0 Å². The van der Waals surface area contributed by atoms with Gasteiger partial charge in [0.1, 0.15) is 0 Å². The minimum atomic E-state index is 0.584. The first-order chi connectivity index (χ1) is 8.24. The molecule has 17 heavy (non-hydrogen) atoms. The Morgan fingerprint density at radius 1 is 0.706 bits per heavy atom. The predicted molar refractivity (Wildman–Crippen MR) is 78.1 cm³/mol. The van der Waals surface area contributed by atoms with Crippen molar-refractivity contribution in [3.8, 4) is 0 Å². The van der Waals surface area contributed by atoms with Crippen LogP contribution in [-0.4, -0.2) is 13.1 Å². The summed E-state index contributed by atoms with van der Waals surface area (Å²) in [5, 5.41) is 0. The fraction of sp³-hybridized carbons (Fsp3) is 1.00. The minimum Gasteiger partial charge on any atom is -0.330 e. The van der Waals surface area contributed by atoms with Gasteiger partial charge < -0.3 is 11.5 Å². The zero-order valence-electron chi connectivity index (χ0n) is 12.1. The van der Waals surface area contributed by atoms with Gasteiger partial charge in [0.25, 0.3) is 0 Å². The summed E-state index contributed by atoms with van der Waals surface area (Å²) in [6, 6.07) is 0. The molecule has 0 radical (unpaired) electrons. The van der Waals surface area contributed by atoms with Gasteiger partial charge in [0, 0.05) is 0 Å². The van der Waals surface area contributed by atoms with E-state index >= 15 is 0 Å². The third-order valence-corrected chi connectivity index (χ3v) is 4.13. The second kappa shape index (κ2) is 11.0. The molecule has 0 atom stereocenters. The van der Waals surface area contributed by atoms with Gasteiger partial charge >= 0.3 is 0 Å². The van der Waals surface area contributed by atoms with Crippen LogP contribution in [0.3, 0.4) is 0 Å². The summed E-state index contributed by atoms with van der Waals surface area (Å²) in [4.78, 5) is 0. The minimum absolute atomic E-state index is 0.584. The maximum atomic E-state index is 5.60. The van der Waals surface area contributed by atoms with Gasteiger partial charge in [-0.15, -0.1) is 0 Å². The highest BCUT2D eigenvalue weighted by atomic mass is 14.5. The molecule has 0 aromatic heterocycles. The Balaban J connectivity index is 4.17. The fourth-order valence-corrected chi connectivity index (χ4v) is 2.75. The van der Waals surface area contributed by atoms with Crippen LogP contribution in [-0.2, 0) is 0 Å². The molecule has 2 heteroatoms. The van der Waals surface area contributed by atoms with Gasteiger partial charge in [0.15, 0.2) is 0 Å². The van der Waals surface area contributed by atoms with E-state index < -0.39 is 0 Å². The van der Waals surface area contributed by atoms with Gasteiger partial charge in [0.2, 0.25) is 0 Å². The molecule has 0 heterocycles. The maximum absolute atomic E-state index is 5.60. The fourth-order valence-electron chi connectivity index (χ4n) is 2.75. The Morgan fingerprint density at radius 2 is 1.18 bits per heavy atom. The summed E-state index contributed by atoms with van der Waals surface area (Å²) >= 11 is 0. The molecule has 0 aromatic rings. The molecule has 0 aliphatic rings. The summed E-state index contributed by atoms with van der Waals surface area (Å²) in [5.41, 5.74) is 11.8. The largest absolute Gasteiger partial charge is 0.330 e. The van der Waals surface area contributed by atoms with Crippen molar-refractivity contribution in [3.05, 3.63) is 0 Å². The molecule has 0 unspecified atom stereocenters. The Bertz CT molecular complexity index is 147. The first-order valence-electron chi connectivity index (χ1n) is 7.64. The normalized spacial score (nSPS) is 12.0. The monoisotopic (exact) mass is 242 g/mol. The van der Waals surface area contributed by atoms with E-state index in [0.29, 0.717) is 5.41 Å². The quantitative estimate of drug-likeness (QED) is 0.511. The van der Waals surface area contributed by atoms with Crippen LogP contribution < -0.4 is 11.5 Å². The van der Waals surface area contributed by atoms with Crippen LogP contribution in [0.1, 0.15) is 78.1 Å². The van der Waals surface area contributed by atoms with Crippen molar-refractivity contribution in [2.24, 2.45) is 16.9 Å². The second-order valence-electron chi connectivity index (χ2n) is 5.45. The molecule has 4 N–H and O–H groups in total. The van der Waals surface area contributed by atoms with Crippen molar-refractivity contribution in [3.63, 3.8) is 0 Å². The van der Waals surface area contributed by atoms with E-state index in [1.54, 1.807) is 0 Å². The van der Waals surface area contributed by atoms with Crippen LogP contribution in [0.4, 0.5) is 0 Å². The smallest absolute Gasteiger partial charge is 0.00773 e. The number of hydrogen-bond donors (Lipinski definition) is 2. The van der Waals surface area contributed by atoms with E-state index in [0.717, 1.165) is 13.1 Å². The molecule has 0 aromatic carbocycles. The summed E-state index contributed by atoms with van der Waals surface area (Å²) in [5.74, 6) is 0. The average Bonchev–Trinajstić information content (AvgIpc) is 2.36. The lowest BCUT2D eigenvalue weighted by Crippen LogP contribution is -2.21. The summed E-state index contributed by atoms with van der Waals surface area (Å²) < 4.78 is 0. The molecule has 104 valence electrons. The first kappa shape index (κ1) is 16.9. The standard InChI is InChI=1S/C15H34N2/c1-3-5-10-15(4-2,11-6-8-13-16)12-7-9-14-17/h3-14,16-17H2,1-2H3. The van der Waals surface area contributed by atoms with Gasteiger partial charge in [-0.3, -0.25) is 0 Å². The van der Waals surface area contributed by atoms with Gasteiger partial charge in [-0.1, -0.05) is 46.0 Å². The van der Waals surface area contributed by atoms with Crippen molar-refractivity contribution in [1.29, 1.82) is 0 Å². The number of hydrogen-bond acceptors (Lipinski definition) is 2. The second-order valence-corrected chi connectivity index (χ2v) is 5.45. The Kier molecular flexibility index (Phi) is 11.0. The molecule has 0 aliphatic carbocycles. The van der Waals surface area contributed by atoms with Crippen molar-refractivity contribution >= 4 is 0 Å². The Labute approximate surface area is 109 Å². The van der Waals surface area contributed by atoms with E-state index in [9.17, 15) is 0 Å². The van der Waals surface area contributed by atoms with E-state index in [1.165, 1.54) is 64.2 Å². The molecule has 0 rings (SSSR count). The number of nitrogens with two attached hydrogens (primary N) is 2. The van der Waals surface area contributed by atoms with Crippen molar-refractivity contribution < 1.29 is 0 Å². The first-order valence-corrected chi connectivity index (χ1v) is 7.64. The molecule has 0 aliphatic heterocycles. The lowest BCUT2D eigenvalue weighted by atomic mass is 9.72. The average molecular weight is 242 g/mol. The lowest BCUT2D eigenvalue weighted by molar-refractivity contribution is 0.190. The molecule has 0 spiro atoms. The molecular weight excluding hydrogens is 208 g/mol. The highest BCUT2D eigenvalue weighted by Gasteiger charge is 2.26. The zero-order chi connectivity index (χ0) is 13.0. The van der Waals surface area contributed by atoms with E-state index in [4.69, 9.17) is 11.5 Å². The highest BCUT2D eigenvalue weighted by Crippen LogP contribution is 2.39. The van der Waals surface area contributed by atoms with Crippen LogP contribution >= 0.6 is 0 Å². The van der Waals surface area contributed by atoms with Crippen molar-refractivity contribution in [1.82, 2.24) is 0 Å². The third kappa shape index (κ3) is 7.77. The number of unbranched alkanes of at least 4 members (excludes halogenated alkanes) is 3. The number of rotatable bonds is 12.